The molecule has 0 bridgehead atoms. The van der Waals surface area contributed by atoms with Crippen molar-refractivity contribution in [2.24, 2.45) is 5.11 Å². The number of hydrogen-bond acceptors (Lipinski definition) is 2. The number of hydrogen-bond donors (Lipinski definition) is 0. The predicted molar refractivity (Wildman–Crippen MR) is 39.7 cm³/mol. The van der Waals surface area contributed by atoms with Gasteiger partial charge >= 0.3 is 0 Å². The Hall–Kier alpha value is -0.730. The lowest BCUT2D eigenvalue weighted by Gasteiger charge is -2.11. The van der Waals surface area contributed by atoms with Crippen molar-refractivity contribution in [1.29, 1.82) is 0 Å². The second-order valence-electron chi connectivity index (χ2n) is 2.50. The minimum Gasteiger partial charge on any atom is -0.303 e. The van der Waals surface area contributed by atoms with Crippen molar-refractivity contribution in [3.8, 4) is 0 Å². The predicted octanol–water partition coefficient (Wildman–Crippen LogP) is 1.39. The van der Waals surface area contributed by atoms with Crippen LogP contribution in [0.15, 0.2) is 5.11 Å². The van der Waals surface area contributed by atoms with Gasteiger partial charge in [-0.15, -0.1) is 0 Å². The maximum atomic E-state index is 7.98. The van der Waals surface area contributed by atoms with Crippen LogP contribution >= 0.6 is 0 Å². The zero-order valence-electron chi connectivity index (χ0n) is 6.03. The van der Waals surface area contributed by atoms with Gasteiger partial charge in [0.05, 0.1) is 0 Å². The Morgan fingerprint density at radius 3 is 2.70 bits per heavy atom. The van der Waals surface area contributed by atoms with E-state index in [1.807, 2.05) is 0 Å². The summed E-state index contributed by atoms with van der Waals surface area (Å²) in [6.07, 6.45) is 2.60. The number of likely N-dealkylation sites (tertiary alicyclic amines) is 1. The molecule has 0 aliphatic carbocycles. The SMILES string of the molecule is [N-]=[N+]=NCCN1CCCC1. The summed E-state index contributed by atoms with van der Waals surface area (Å²) < 4.78 is 0. The molecule has 1 saturated heterocycles. The zero-order valence-corrected chi connectivity index (χ0v) is 6.03. The number of azide groups is 1. The Morgan fingerprint density at radius 2 is 2.10 bits per heavy atom. The minimum absolute atomic E-state index is 0.622. The minimum atomic E-state index is 0.622. The Labute approximate surface area is 60.5 Å². The van der Waals surface area contributed by atoms with Crippen LogP contribution in [0, 0.1) is 0 Å². The molecule has 10 heavy (non-hydrogen) atoms. The summed E-state index contributed by atoms with van der Waals surface area (Å²) in [6, 6.07) is 0. The van der Waals surface area contributed by atoms with Crippen LogP contribution in [0.3, 0.4) is 0 Å². The van der Waals surface area contributed by atoms with Crippen molar-refractivity contribution in [2.45, 2.75) is 12.8 Å². The highest BCUT2D eigenvalue weighted by atomic mass is 15.2. The molecule has 0 aromatic rings. The van der Waals surface area contributed by atoms with Gasteiger partial charge in [-0.1, -0.05) is 5.11 Å². The molecule has 1 aliphatic rings. The molecule has 1 aliphatic heterocycles. The molecule has 1 rings (SSSR count). The molecular formula is C6H12N4. The Balaban J connectivity index is 2.06. The van der Waals surface area contributed by atoms with Gasteiger partial charge in [0.1, 0.15) is 0 Å². The van der Waals surface area contributed by atoms with Crippen LogP contribution in [0.4, 0.5) is 0 Å². The van der Waals surface area contributed by atoms with Gasteiger partial charge in [-0.2, -0.15) is 0 Å². The van der Waals surface area contributed by atoms with E-state index in [0.29, 0.717) is 6.54 Å². The van der Waals surface area contributed by atoms with Gasteiger partial charge in [-0.25, -0.2) is 0 Å². The standard InChI is InChI=1S/C6H12N4/c7-9-8-3-6-10-4-1-2-5-10/h1-6H2. The molecule has 0 atom stereocenters. The van der Waals surface area contributed by atoms with Crippen molar-refractivity contribution >= 4 is 0 Å². The third-order valence-electron chi connectivity index (χ3n) is 1.78. The molecule has 4 heteroatoms. The van der Waals surface area contributed by atoms with Gasteiger partial charge in [-0.3, -0.25) is 0 Å². The largest absolute Gasteiger partial charge is 0.303 e. The van der Waals surface area contributed by atoms with Crippen molar-refractivity contribution < 1.29 is 0 Å². The molecule has 0 saturated carbocycles. The fraction of sp³-hybridized carbons (Fsp3) is 1.00. The van der Waals surface area contributed by atoms with E-state index in [0.717, 1.165) is 6.54 Å². The smallest absolute Gasteiger partial charge is 0.0385 e. The average Bonchev–Trinajstić information content (AvgIpc) is 2.41. The summed E-state index contributed by atoms with van der Waals surface area (Å²) in [6.45, 7) is 3.92. The Morgan fingerprint density at radius 1 is 1.40 bits per heavy atom. The molecule has 0 spiro atoms. The monoisotopic (exact) mass is 140 g/mol. The van der Waals surface area contributed by atoms with Crippen LogP contribution in [0.2, 0.25) is 0 Å². The van der Waals surface area contributed by atoms with E-state index in [-0.39, 0.29) is 0 Å². The molecule has 0 amide bonds. The molecule has 1 fully saturated rings. The van der Waals surface area contributed by atoms with Gasteiger partial charge < -0.3 is 4.90 Å². The first-order valence-electron chi connectivity index (χ1n) is 3.66. The highest BCUT2D eigenvalue weighted by Gasteiger charge is 2.09. The van der Waals surface area contributed by atoms with Crippen LogP contribution in [0.5, 0.6) is 0 Å². The third kappa shape index (κ3) is 2.25. The summed E-state index contributed by atoms with van der Waals surface area (Å²) in [4.78, 5) is 5.02. The lowest BCUT2D eigenvalue weighted by Crippen LogP contribution is -2.21. The fourth-order valence-electron chi connectivity index (χ4n) is 1.24. The third-order valence-corrected chi connectivity index (χ3v) is 1.78. The Bertz CT molecular complexity index is 133. The van der Waals surface area contributed by atoms with Crippen LogP contribution in [0.25, 0.3) is 10.4 Å². The van der Waals surface area contributed by atoms with E-state index in [2.05, 4.69) is 14.9 Å². The zero-order chi connectivity index (χ0) is 7.23. The van der Waals surface area contributed by atoms with Gasteiger partial charge in [0.15, 0.2) is 0 Å². The first-order chi connectivity index (χ1) is 4.93. The molecular weight excluding hydrogens is 128 g/mol. The maximum Gasteiger partial charge on any atom is 0.0385 e. The molecule has 4 nitrogen and oxygen atoms in total. The summed E-state index contributed by atoms with van der Waals surface area (Å²) in [5.74, 6) is 0. The maximum absolute atomic E-state index is 7.98. The van der Waals surface area contributed by atoms with E-state index in [4.69, 9.17) is 5.53 Å². The molecule has 0 radical (unpaired) electrons. The van der Waals surface area contributed by atoms with Crippen LogP contribution in [0.1, 0.15) is 12.8 Å². The second-order valence-corrected chi connectivity index (χ2v) is 2.50. The summed E-state index contributed by atoms with van der Waals surface area (Å²) in [7, 11) is 0. The normalized spacial score (nSPS) is 18.8. The highest BCUT2D eigenvalue weighted by Crippen LogP contribution is 2.05. The lowest BCUT2D eigenvalue weighted by atomic mass is 10.4. The van der Waals surface area contributed by atoms with Crippen molar-refractivity contribution in [2.75, 3.05) is 26.2 Å². The average molecular weight is 140 g/mol. The van der Waals surface area contributed by atoms with E-state index >= 15 is 0 Å². The first kappa shape index (κ1) is 7.38. The molecule has 0 aromatic carbocycles. The topological polar surface area (TPSA) is 52.0 Å². The van der Waals surface area contributed by atoms with Gasteiger partial charge in [0.2, 0.25) is 0 Å². The molecule has 0 N–H and O–H groups in total. The van der Waals surface area contributed by atoms with E-state index in [1.165, 1.54) is 25.9 Å². The highest BCUT2D eigenvalue weighted by molar-refractivity contribution is 4.66. The first-order valence-corrected chi connectivity index (χ1v) is 3.66. The molecule has 1 heterocycles. The van der Waals surface area contributed by atoms with E-state index in [1.54, 1.807) is 0 Å². The van der Waals surface area contributed by atoms with E-state index < -0.39 is 0 Å². The Kier molecular flexibility index (Phi) is 3.06. The second kappa shape index (κ2) is 4.14. The quantitative estimate of drug-likeness (QED) is 0.332. The molecule has 0 aromatic heterocycles. The fourth-order valence-corrected chi connectivity index (χ4v) is 1.24. The summed E-state index contributed by atoms with van der Waals surface area (Å²) in [5, 5.41) is 3.47. The van der Waals surface area contributed by atoms with E-state index in [9.17, 15) is 0 Å². The van der Waals surface area contributed by atoms with Gasteiger partial charge in [-0.05, 0) is 31.5 Å². The summed E-state index contributed by atoms with van der Waals surface area (Å²) in [5.41, 5.74) is 7.98. The van der Waals surface area contributed by atoms with Crippen LogP contribution in [-0.4, -0.2) is 31.1 Å². The number of rotatable bonds is 3. The van der Waals surface area contributed by atoms with Crippen molar-refractivity contribution in [3.05, 3.63) is 10.4 Å². The number of nitrogens with zero attached hydrogens (tertiary/aromatic N) is 4. The molecule has 0 unspecified atom stereocenters. The lowest BCUT2D eigenvalue weighted by molar-refractivity contribution is 0.349. The van der Waals surface area contributed by atoms with Crippen molar-refractivity contribution in [1.82, 2.24) is 4.90 Å². The van der Waals surface area contributed by atoms with Gasteiger partial charge in [0, 0.05) is 18.0 Å². The summed E-state index contributed by atoms with van der Waals surface area (Å²) >= 11 is 0. The van der Waals surface area contributed by atoms with Crippen LogP contribution < -0.4 is 0 Å². The van der Waals surface area contributed by atoms with Gasteiger partial charge in [0.25, 0.3) is 0 Å². The molecule has 56 valence electrons. The van der Waals surface area contributed by atoms with Crippen LogP contribution in [-0.2, 0) is 0 Å². The van der Waals surface area contributed by atoms with Crippen molar-refractivity contribution in [3.63, 3.8) is 0 Å².